The average molecular weight is 573 g/mol. The molecule has 204 valence electrons. The predicted molar refractivity (Wildman–Crippen MR) is 140 cm³/mol. The van der Waals surface area contributed by atoms with E-state index in [0.29, 0.717) is 23.2 Å². The molecule has 0 fully saturated rings. The lowest BCUT2D eigenvalue weighted by atomic mass is 9.94. The van der Waals surface area contributed by atoms with Crippen molar-refractivity contribution < 1.29 is 31.1 Å². The standard InChI is InChI=1S/C30H19ClF6N2O/c31-27-20(10-5-13-23(27)29(32,33)34)17-40-21-11-4-9-19(16-21)26-22-12-6-14-24(30(35,36)37)28(22)39-38-25(26)15-18-7-2-1-3-8-18/h1-14,16H,15,17H2. The molecule has 0 aliphatic carbocycles. The van der Waals surface area contributed by atoms with Gasteiger partial charge < -0.3 is 4.74 Å². The van der Waals surface area contributed by atoms with Crippen molar-refractivity contribution in [3.05, 3.63) is 124 Å². The fourth-order valence-corrected chi connectivity index (χ4v) is 4.73. The quantitative estimate of drug-likeness (QED) is 0.190. The van der Waals surface area contributed by atoms with E-state index in [1.807, 2.05) is 30.3 Å². The smallest absolute Gasteiger partial charge is 0.418 e. The molecule has 0 N–H and O–H groups in total. The van der Waals surface area contributed by atoms with E-state index in [1.165, 1.54) is 18.2 Å². The van der Waals surface area contributed by atoms with Crippen molar-refractivity contribution in [3.63, 3.8) is 0 Å². The van der Waals surface area contributed by atoms with E-state index in [1.54, 1.807) is 30.3 Å². The van der Waals surface area contributed by atoms with E-state index >= 15 is 0 Å². The Morgan fingerprint density at radius 3 is 2.10 bits per heavy atom. The number of rotatable bonds is 6. The lowest BCUT2D eigenvalue weighted by Gasteiger charge is -2.16. The van der Waals surface area contributed by atoms with Crippen LogP contribution in [0, 0.1) is 0 Å². The SMILES string of the molecule is FC(F)(F)c1cccc(COc2cccc(-c3c(Cc4ccccc4)nnc4c(C(F)(F)F)cccc34)c2)c1Cl. The van der Waals surface area contributed by atoms with E-state index in [0.717, 1.165) is 17.7 Å². The van der Waals surface area contributed by atoms with Crippen LogP contribution >= 0.6 is 11.6 Å². The van der Waals surface area contributed by atoms with Crippen LogP contribution in [0.3, 0.4) is 0 Å². The minimum atomic E-state index is -4.64. The number of benzene rings is 4. The van der Waals surface area contributed by atoms with Gasteiger partial charge in [-0.3, -0.25) is 0 Å². The van der Waals surface area contributed by atoms with Crippen LogP contribution in [0.2, 0.25) is 5.02 Å². The van der Waals surface area contributed by atoms with Crippen LogP contribution in [0.5, 0.6) is 5.75 Å². The third-order valence-corrected chi connectivity index (χ3v) is 6.73. The highest BCUT2D eigenvalue weighted by Gasteiger charge is 2.35. The minimum Gasteiger partial charge on any atom is -0.489 e. The summed E-state index contributed by atoms with van der Waals surface area (Å²) in [6.07, 6.45) is -8.95. The Hall–Kier alpha value is -4.11. The van der Waals surface area contributed by atoms with Crippen LogP contribution in [0.1, 0.15) is 27.9 Å². The summed E-state index contributed by atoms with van der Waals surface area (Å²) in [5.74, 6) is 0.286. The Morgan fingerprint density at radius 1 is 0.700 bits per heavy atom. The van der Waals surface area contributed by atoms with Crippen LogP contribution < -0.4 is 4.74 Å². The Morgan fingerprint density at radius 2 is 1.38 bits per heavy atom. The zero-order chi connectivity index (χ0) is 28.5. The molecule has 1 heterocycles. The number of ether oxygens (including phenoxy) is 1. The second-order valence-corrected chi connectivity index (χ2v) is 9.35. The highest BCUT2D eigenvalue weighted by Crippen LogP contribution is 2.40. The lowest BCUT2D eigenvalue weighted by Crippen LogP contribution is -2.09. The molecular weight excluding hydrogens is 554 g/mol. The highest BCUT2D eigenvalue weighted by atomic mass is 35.5. The fourth-order valence-electron chi connectivity index (χ4n) is 4.45. The number of hydrogen-bond acceptors (Lipinski definition) is 3. The van der Waals surface area contributed by atoms with Crippen LogP contribution in [0.4, 0.5) is 26.3 Å². The molecule has 0 aliphatic heterocycles. The van der Waals surface area contributed by atoms with Crippen molar-refractivity contribution in [2.75, 3.05) is 0 Å². The molecule has 0 atom stereocenters. The zero-order valence-corrected chi connectivity index (χ0v) is 21.3. The molecule has 0 saturated carbocycles. The number of halogens is 7. The topological polar surface area (TPSA) is 35.0 Å². The first-order chi connectivity index (χ1) is 19.0. The molecule has 0 saturated heterocycles. The average Bonchev–Trinajstić information content (AvgIpc) is 2.91. The predicted octanol–water partition coefficient (Wildman–Crippen LogP) is 9.16. The Bertz CT molecular complexity index is 1670. The summed E-state index contributed by atoms with van der Waals surface area (Å²) in [6, 6.07) is 23.2. The van der Waals surface area contributed by atoms with Crippen LogP contribution in [-0.4, -0.2) is 10.2 Å². The summed E-state index contributed by atoms with van der Waals surface area (Å²) in [5.41, 5.74) is 0.273. The monoisotopic (exact) mass is 572 g/mol. The van der Waals surface area contributed by atoms with Crippen LogP contribution in [-0.2, 0) is 25.4 Å². The first kappa shape index (κ1) is 27.5. The molecule has 10 heteroatoms. The first-order valence-electron chi connectivity index (χ1n) is 12.0. The maximum Gasteiger partial charge on any atom is 0.418 e. The number of nitrogens with zero attached hydrogens (tertiary/aromatic N) is 2. The number of fused-ring (bicyclic) bond motifs is 1. The zero-order valence-electron chi connectivity index (χ0n) is 20.5. The van der Waals surface area contributed by atoms with Gasteiger partial charge in [0.1, 0.15) is 17.9 Å². The molecule has 5 aromatic rings. The summed E-state index contributed by atoms with van der Waals surface area (Å²) >= 11 is 5.99. The summed E-state index contributed by atoms with van der Waals surface area (Å²) in [6.45, 7) is -0.253. The van der Waals surface area contributed by atoms with E-state index < -0.39 is 28.5 Å². The van der Waals surface area contributed by atoms with Gasteiger partial charge in [-0.05, 0) is 35.4 Å². The van der Waals surface area contributed by atoms with E-state index in [2.05, 4.69) is 10.2 Å². The molecule has 0 aliphatic rings. The van der Waals surface area contributed by atoms with Crippen molar-refractivity contribution in [1.29, 1.82) is 0 Å². The van der Waals surface area contributed by atoms with E-state index in [-0.39, 0.29) is 28.8 Å². The van der Waals surface area contributed by atoms with Gasteiger partial charge in [-0.25, -0.2) is 0 Å². The van der Waals surface area contributed by atoms with Gasteiger partial charge in [-0.1, -0.05) is 78.3 Å². The Balaban J connectivity index is 1.57. The molecular formula is C30H19ClF6N2O. The van der Waals surface area contributed by atoms with Gasteiger partial charge in [-0.2, -0.15) is 31.4 Å². The van der Waals surface area contributed by atoms with Crippen molar-refractivity contribution in [2.45, 2.75) is 25.4 Å². The lowest BCUT2D eigenvalue weighted by molar-refractivity contribution is -0.138. The van der Waals surface area contributed by atoms with Crippen LogP contribution in [0.15, 0.2) is 91.0 Å². The molecule has 0 amide bonds. The third kappa shape index (κ3) is 5.74. The van der Waals surface area contributed by atoms with Gasteiger partial charge in [0.05, 0.1) is 21.8 Å². The normalized spacial score (nSPS) is 12.1. The maximum atomic E-state index is 13.8. The molecule has 0 spiro atoms. The molecule has 0 unspecified atom stereocenters. The first-order valence-corrected chi connectivity index (χ1v) is 12.4. The van der Waals surface area contributed by atoms with Gasteiger partial charge in [0.15, 0.2) is 0 Å². The van der Waals surface area contributed by atoms with E-state index in [4.69, 9.17) is 16.3 Å². The van der Waals surface area contributed by atoms with E-state index in [9.17, 15) is 26.3 Å². The third-order valence-electron chi connectivity index (χ3n) is 6.29. The molecule has 5 rings (SSSR count). The molecule has 0 bridgehead atoms. The minimum absolute atomic E-state index is 0.137. The summed E-state index contributed by atoms with van der Waals surface area (Å²) in [7, 11) is 0. The van der Waals surface area contributed by atoms with Crippen molar-refractivity contribution in [3.8, 4) is 16.9 Å². The molecule has 3 nitrogen and oxygen atoms in total. The van der Waals surface area contributed by atoms with Gasteiger partial charge in [0.25, 0.3) is 0 Å². The number of alkyl halides is 6. The Labute approximate surface area is 230 Å². The van der Waals surface area contributed by atoms with Crippen molar-refractivity contribution in [2.24, 2.45) is 0 Å². The Kier molecular flexibility index (Phi) is 7.42. The molecule has 4 aromatic carbocycles. The van der Waals surface area contributed by atoms with Gasteiger partial charge >= 0.3 is 12.4 Å². The molecule has 40 heavy (non-hydrogen) atoms. The largest absolute Gasteiger partial charge is 0.489 e. The fraction of sp³-hybridized carbons (Fsp3) is 0.133. The van der Waals surface area contributed by atoms with Gasteiger partial charge in [-0.15, -0.1) is 5.10 Å². The second-order valence-electron chi connectivity index (χ2n) is 8.98. The molecule has 1 aromatic heterocycles. The summed E-state index contributed by atoms with van der Waals surface area (Å²) < 4.78 is 86.9. The highest BCUT2D eigenvalue weighted by molar-refractivity contribution is 6.32. The van der Waals surface area contributed by atoms with Crippen LogP contribution in [0.25, 0.3) is 22.0 Å². The van der Waals surface area contributed by atoms with Crippen molar-refractivity contribution >= 4 is 22.5 Å². The second kappa shape index (κ2) is 10.8. The summed E-state index contributed by atoms with van der Waals surface area (Å²) in [4.78, 5) is 0. The molecule has 0 radical (unpaired) electrons. The van der Waals surface area contributed by atoms with Crippen molar-refractivity contribution in [1.82, 2.24) is 10.2 Å². The van der Waals surface area contributed by atoms with Gasteiger partial charge in [0.2, 0.25) is 0 Å². The number of aromatic nitrogens is 2. The van der Waals surface area contributed by atoms with Gasteiger partial charge in [0, 0.05) is 22.9 Å². The maximum absolute atomic E-state index is 13.8. The number of hydrogen-bond donors (Lipinski definition) is 0. The summed E-state index contributed by atoms with van der Waals surface area (Å²) in [5, 5.41) is 7.96.